The van der Waals surface area contributed by atoms with E-state index in [1.807, 2.05) is 6.07 Å². The maximum atomic E-state index is 4.52. The number of thiazole rings is 1. The molecule has 1 aromatic carbocycles. The Hall–Kier alpha value is -1.15. The molecule has 0 fully saturated rings. The van der Waals surface area contributed by atoms with Crippen LogP contribution in [0.2, 0.25) is 0 Å². The molecule has 1 aromatic heterocycles. The van der Waals surface area contributed by atoms with Gasteiger partial charge in [0.1, 0.15) is 5.01 Å². The Morgan fingerprint density at radius 1 is 1.36 bits per heavy atom. The zero-order valence-electron chi connectivity index (χ0n) is 8.23. The first-order valence-corrected chi connectivity index (χ1v) is 5.74. The Balaban J connectivity index is 2.27. The van der Waals surface area contributed by atoms with Crippen LogP contribution in [0.3, 0.4) is 0 Å². The summed E-state index contributed by atoms with van der Waals surface area (Å²) < 4.78 is 1.27. The fourth-order valence-electron chi connectivity index (χ4n) is 1.31. The number of nitrogens with zero attached hydrogens (tertiary/aromatic N) is 1. The van der Waals surface area contributed by atoms with Crippen molar-refractivity contribution in [1.29, 1.82) is 0 Å². The largest absolute Gasteiger partial charge is 0.237 e. The van der Waals surface area contributed by atoms with Crippen LogP contribution >= 0.6 is 11.3 Å². The molecule has 0 saturated heterocycles. The van der Waals surface area contributed by atoms with Gasteiger partial charge in [-0.25, -0.2) is 4.98 Å². The van der Waals surface area contributed by atoms with Crippen LogP contribution in [0.4, 0.5) is 0 Å². The molecule has 0 radical (unpaired) electrons. The van der Waals surface area contributed by atoms with Crippen LogP contribution in [0.5, 0.6) is 0 Å². The van der Waals surface area contributed by atoms with Gasteiger partial charge in [0.2, 0.25) is 0 Å². The van der Waals surface area contributed by atoms with Crippen molar-refractivity contribution in [3.8, 4) is 0 Å². The number of benzene rings is 1. The summed E-state index contributed by atoms with van der Waals surface area (Å²) in [4.78, 5) is 4.52. The van der Waals surface area contributed by atoms with Crippen LogP contribution < -0.4 is 0 Å². The lowest BCUT2D eigenvalue weighted by atomic mass is 10.3. The van der Waals surface area contributed by atoms with E-state index >= 15 is 0 Å². The number of rotatable bonds is 3. The molecular weight excluding hydrogens is 190 g/mol. The second-order valence-electron chi connectivity index (χ2n) is 3.21. The second kappa shape index (κ2) is 4.38. The fourth-order valence-corrected chi connectivity index (χ4v) is 2.21. The van der Waals surface area contributed by atoms with E-state index in [2.05, 4.69) is 42.3 Å². The third-order valence-corrected chi connectivity index (χ3v) is 3.03. The zero-order valence-corrected chi connectivity index (χ0v) is 9.05. The number of aromatic nitrogens is 1. The molecule has 0 aliphatic carbocycles. The summed E-state index contributed by atoms with van der Waals surface area (Å²) in [5, 5.41) is 1.11. The highest BCUT2D eigenvalue weighted by atomic mass is 32.1. The van der Waals surface area contributed by atoms with Crippen LogP contribution in [0.15, 0.2) is 30.3 Å². The average molecular weight is 203 g/mol. The SMILES string of the molecule is CCC/C=C/c1nc2ccccc2s1. The lowest BCUT2D eigenvalue weighted by Crippen LogP contribution is -1.68. The lowest BCUT2D eigenvalue weighted by molar-refractivity contribution is 0.962. The van der Waals surface area contributed by atoms with Gasteiger partial charge in [-0.1, -0.05) is 31.6 Å². The monoisotopic (exact) mass is 203 g/mol. The van der Waals surface area contributed by atoms with Crippen LogP contribution in [0, 0.1) is 0 Å². The van der Waals surface area contributed by atoms with Gasteiger partial charge in [0.25, 0.3) is 0 Å². The number of para-hydroxylation sites is 1. The van der Waals surface area contributed by atoms with E-state index in [1.54, 1.807) is 11.3 Å². The summed E-state index contributed by atoms with van der Waals surface area (Å²) >= 11 is 1.75. The molecule has 0 N–H and O–H groups in total. The number of hydrogen-bond donors (Lipinski definition) is 0. The van der Waals surface area contributed by atoms with E-state index in [0.29, 0.717) is 0 Å². The molecule has 0 aliphatic heterocycles. The van der Waals surface area contributed by atoms with Crippen molar-refractivity contribution in [2.45, 2.75) is 19.8 Å². The van der Waals surface area contributed by atoms with Crippen molar-refractivity contribution in [3.63, 3.8) is 0 Å². The van der Waals surface area contributed by atoms with Gasteiger partial charge < -0.3 is 0 Å². The molecule has 0 unspecified atom stereocenters. The number of unbranched alkanes of at least 4 members (excludes halogenated alkanes) is 1. The maximum Gasteiger partial charge on any atom is 0.117 e. The molecule has 1 heterocycles. The first-order valence-electron chi connectivity index (χ1n) is 4.92. The Morgan fingerprint density at radius 3 is 3.00 bits per heavy atom. The molecular formula is C12H13NS. The molecule has 0 bridgehead atoms. The van der Waals surface area contributed by atoms with Crippen molar-refractivity contribution in [1.82, 2.24) is 4.98 Å². The molecule has 0 amide bonds. The predicted octanol–water partition coefficient (Wildman–Crippen LogP) is 4.11. The van der Waals surface area contributed by atoms with Crippen LogP contribution in [-0.2, 0) is 0 Å². The normalized spacial score (nSPS) is 11.5. The third kappa shape index (κ3) is 2.02. The van der Waals surface area contributed by atoms with E-state index in [1.165, 1.54) is 11.1 Å². The topological polar surface area (TPSA) is 12.9 Å². The van der Waals surface area contributed by atoms with Crippen molar-refractivity contribution in [2.24, 2.45) is 0 Å². The highest BCUT2D eigenvalue weighted by molar-refractivity contribution is 7.19. The average Bonchev–Trinajstić information content (AvgIpc) is 2.60. The molecule has 0 atom stereocenters. The summed E-state index contributed by atoms with van der Waals surface area (Å²) in [6.45, 7) is 2.18. The van der Waals surface area contributed by atoms with Crippen molar-refractivity contribution in [3.05, 3.63) is 35.3 Å². The molecule has 14 heavy (non-hydrogen) atoms. The summed E-state index contributed by atoms with van der Waals surface area (Å²) in [7, 11) is 0. The van der Waals surface area contributed by atoms with Gasteiger partial charge in [-0.2, -0.15) is 0 Å². The van der Waals surface area contributed by atoms with E-state index in [9.17, 15) is 0 Å². The summed E-state index contributed by atoms with van der Waals surface area (Å²) in [5.74, 6) is 0. The highest BCUT2D eigenvalue weighted by Gasteiger charge is 1.98. The van der Waals surface area contributed by atoms with Crippen molar-refractivity contribution in [2.75, 3.05) is 0 Å². The maximum absolute atomic E-state index is 4.52. The van der Waals surface area contributed by atoms with Crippen molar-refractivity contribution < 1.29 is 0 Å². The van der Waals surface area contributed by atoms with Gasteiger partial charge in [0.15, 0.2) is 0 Å². The van der Waals surface area contributed by atoms with Gasteiger partial charge >= 0.3 is 0 Å². The Kier molecular flexibility index (Phi) is 2.94. The first kappa shape index (κ1) is 9.41. The minimum absolute atomic E-state index is 1.11. The Labute approximate surface area is 88.1 Å². The minimum Gasteiger partial charge on any atom is -0.237 e. The van der Waals surface area contributed by atoms with Gasteiger partial charge in [-0.3, -0.25) is 0 Å². The van der Waals surface area contributed by atoms with E-state index in [4.69, 9.17) is 0 Å². The standard InChI is InChI=1S/C12H13NS/c1-2-3-4-9-12-13-10-7-5-6-8-11(10)14-12/h4-9H,2-3H2,1H3/b9-4+. The van der Waals surface area contributed by atoms with E-state index in [0.717, 1.165) is 16.9 Å². The minimum atomic E-state index is 1.11. The van der Waals surface area contributed by atoms with Crippen molar-refractivity contribution >= 4 is 27.6 Å². The lowest BCUT2D eigenvalue weighted by Gasteiger charge is -1.82. The molecule has 0 spiro atoms. The smallest absolute Gasteiger partial charge is 0.117 e. The summed E-state index contributed by atoms with van der Waals surface area (Å²) in [6, 6.07) is 8.26. The zero-order chi connectivity index (χ0) is 9.80. The van der Waals surface area contributed by atoms with Gasteiger partial charge in [0, 0.05) is 0 Å². The van der Waals surface area contributed by atoms with Crippen LogP contribution in [-0.4, -0.2) is 4.98 Å². The summed E-state index contributed by atoms with van der Waals surface area (Å²) in [6.07, 6.45) is 6.64. The third-order valence-electron chi connectivity index (χ3n) is 2.03. The number of hydrogen-bond acceptors (Lipinski definition) is 2. The number of allylic oxidation sites excluding steroid dienone is 1. The van der Waals surface area contributed by atoms with Crippen LogP contribution in [0.25, 0.3) is 16.3 Å². The predicted molar refractivity (Wildman–Crippen MR) is 63.6 cm³/mol. The quantitative estimate of drug-likeness (QED) is 0.731. The molecule has 2 heteroatoms. The second-order valence-corrected chi connectivity index (χ2v) is 4.27. The Morgan fingerprint density at radius 2 is 2.21 bits per heavy atom. The molecule has 2 aromatic rings. The van der Waals surface area contributed by atoms with E-state index in [-0.39, 0.29) is 0 Å². The van der Waals surface area contributed by atoms with Gasteiger partial charge in [-0.15, -0.1) is 11.3 Å². The van der Waals surface area contributed by atoms with Gasteiger partial charge in [0.05, 0.1) is 10.2 Å². The van der Waals surface area contributed by atoms with Gasteiger partial charge in [-0.05, 0) is 24.6 Å². The summed E-state index contributed by atoms with van der Waals surface area (Å²) in [5.41, 5.74) is 1.11. The fraction of sp³-hybridized carbons (Fsp3) is 0.250. The van der Waals surface area contributed by atoms with E-state index < -0.39 is 0 Å². The number of fused-ring (bicyclic) bond motifs is 1. The molecule has 1 nitrogen and oxygen atoms in total. The first-order chi connectivity index (χ1) is 6.90. The molecule has 2 rings (SSSR count). The highest BCUT2D eigenvalue weighted by Crippen LogP contribution is 2.22. The molecule has 0 aliphatic rings. The van der Waals surface area contributed by atoms with Crippen LogP contribution in [0.1, 0.15) is 24.8 Å². The molecule has 0 saturated carbocycles. The Bertz CT molecular complexity index is 409. The molecule has 72 valence electrons.